The first kappa shape index (κ1) is 29.6. The number of pyridine rings is 1. The molecule has 3 N–H and O–H groups in total. The number of nitrogens with zero attached hydrogens (tertiary/aromatic N) is 2. The van der Waals surface area contributed by atoms with Gasteiger partial charge in [0, 0.05) is 23.4 Å². The molecule has 1 aromatic heterocycles. The van der Waals surface area contributed by atoms with E-state index in [0.29, 0.717) is 30.1 Å². The van der Waals surface area contributed by atoms with E-state index in [2.05, 4.69) is 22.0 Å². The molecule has 228 valence electrons. The van der Waals surface area contributed by atoms with Crippen molar-refractivity contribution in [1.29, 1.82) is 0 Å². The van der Waals surface area contributed by atoms with Gasteiger partial charge in [0.15, 0.2) is 11.6 Å². The molecule has 3 aliphatic rings. The van der Waals surface area contributed by atoms with Crippen molar-refractivity contribution < 1.29 is 19.0 Å². The van der Waals surface area contributed by atoms with E-state index >= 15 is 0 Å². The third-order valence-corrected chi connectivity index (χ3v) is 9.72. The zero-order valence-corrected chi connectivity index (χ0v) is 25.2. The molecule has 3 heterocycles. The molecule has 0 bridgehead atoms. The number of aliphatic hydroxyl groups is 1. The molecule has 43 heavy (non-hydrogen) atoms. The first-order valence-electron chi connectivity index (χ1n) is 16.0. The van der Waals surface area contributed by atoms with E-state index in [9.17, 15) is 9.50 Å². The van der Waals surface area contributed by atoms with Crippen molar-refractivity contribution in [3.63, 3.8) is 0 Å². The number of aromatic nitrogens is 1. The van der Waals surface area contributed by atoms with E-state index in [0.717, 1.165) is 59.3 Å². The summed E-state index contributed by atoms with van der Waals surface area (Å²) in [6, 6.07) is 17.3. The summed E-state index contributed by atoms with van der Waals surface area (Å²) in [4.78, 5) is 7.07. The highest BCUT2D eigenvalue weighted by Crippen LogP contribution is 2.37. The van der Waals surface area contributed by atoms with Crippen molar-refractivity contribution in [2.75, 3.05) is 25.4 Å². The van der Waals surface area contributed by atoms with E-state index in [1.54, 1.807) is 18.3 Å². The van der Waals surface area contributed by atoms with Gasteiger partial charge in [-0.2, -0.15) is 0 Å². The molecule has 4 atom stereocenters. The second-order valence-corrected chi connectivity index (χ2v) is 12.5. The van der Waals surface area contributed by atoms with E-state index < -0.39 is 6.10 Å². The quantitative estimate of drug-likeness (QED) is 0.263. The van der Waals surface area contributed by atoms with E-state index in [4.69, 9.17) is 15.2 Å². The van der Waals surface area contributed by atoms with Gasteiger partial charge in [0.2, 0.25) is 0 Å². The normalized spacial score (nSPS) is 23.9. The summed E-state index contributed by atoms with van der Waals surface area (Å²) >= 11 is 0. The summed E-state index contributed by atoms with van der Waals surface area (Å²) in [7, 11) is 0. The number of nitrogen functional groups attached to an aromatic ring is 1. The fourth-order valence-corrected chi connectivity index (χ4v) is 7.06. The molecule has 4 unspecified atom stereocenters. The number of hydrogen-bond acceptors (Lipinski definition) is 6. The van der Waals surface area contributed by atoms with Gasteiger partial charge in [0.1, 0.15) is 18.5 Å². The van der Waals surface area contributed by atoms with Gasteiger partial charge >= 0.3 is 0 Å². The minimum atomic E-state index is -0.438. The Hall–Kier alpha value is -3.42. The number of benzene rings is 2. The maximum absolute atomic E-state index is 13.3. The molecule has 2 aliphatic heterocycles. The molecule has 0 radical (unpaired) electrons. The molecular formula is C36H44FN3O3. The number of halogens is 1. The number of anilines is 1. The van der Waals surface area contributed by atoms with Crippen LogP contribution in [0.5, 0.6) is 5.75 Å². The Morgan fingerprint density at radius 1 is 0.977 bits per heavy atom. The highest BCUT2D eigenvalue weighted by Gasteiger charge is 2.29. The summed E-state index contributed by atoms with van der Waals surface area (Å²) in [5.74, 6) is 1.77. The molecule has 2 aromatic carbocycles. The van der Waals surface area contributed by atoms with Gasteiger partial charge in [-0.1, -0.05) is 42.8 Å². The standard InChI is InChI=1S/C36H44FN3O3/c1-24-29(14-18-33(43-24)26-11-15-31(37)16-12-26)23-42-34-21-30(22-39-36(34)38)25-7-9-28(10-8-25)35(41)27-5-4-6-32(17-13-27)40-19-2-3-20-40/h7-12,15-16,21-22,27,32-33,35,41H,2-6,13-14,17-20,23H2,1H3,(H2,38,39). The number of allylic oxidation sites excluding steroid dienone is 1. The van der Waals surface area contributed by atoms with Crippen LogP contribution >= 0.6 is 0 Å². The maximum Gasteiger partial charge on any atom is 0.166 e. The van der Waals surface area contributed by atoms with Gasteiger partial charge in [-0.3, -0.25) is 0 Å². The number of likely N-dealkylation sites (tertiary alicyclic amines) is 1. The van der Waals surface area contributed by atoms with Crippen molar-refractivity contribution in [2.24, 2.45) is 5.92 Å². The Bertz CT molecular complexity index is 1400. The molecule has 0 spiro atoms. The number of ether oxygens (including phenoxy) is 2. The van der Waals surface area contributed by atoms with Crippen LogP contribution < -0.4 is 10.5 Å². The highest BCUT2D eigenvalue weighted by molar-refractivity contribution is 5.67. The van der Waals surface area contributed by atoms with Gasteiger partial charge in [0.05, 0.1) is 11.9 Å². The first-order valence-corrected chi connectivity index (χ1v) is 16.0. The van der Waals surface area contributed by atoms with Gasteiger partial charge in [0.25, 0.3) is 0 Å². The Morgan fingerprint density at radius 3 is 2.49 bits per heavy atom. The smallest absolute Gasteiger partial charge is 0.166 e. The lowest BCUT2D eigenvalue weighted by molar-refractivity contribution is 0.0879. The zero-order valence-electron chi connectivity index (χ0n) is 25.2. The van der Waals surface area contributed by atoms with Crippen LogP contribution in [0.4, 0.5) is 10.2 Å². The Labute approximate surface area is 254 Å². The van der Waals surface area contributed by atoms with Crippen LogP contribution in [0.3, 0.4) is 0 Å². The van der Waals surface area contributed by atoms with Crippen LogP contribution in [0.25, 0.3) is 11.1 Å². The second kappa shape index (κ2) is 13.5. The van der Waals surface area contributed by atoms with Crippen molar-refractivity contribution in [2.45, 2.75) is 83.0 Å². The van der Waals surface area contributed by atoms with E-state index in [-0.39, 0.29) is 11.9 Å². The van der Waals surface area contributed by atoms with Gasteiger partial charge < -0.3 is 25.2 Å². The minimum absolute atomic E-state index is 0.0877. The minimum Gasteiger partial charge on any atom is -0.490 e. The van der Waals surface area contributed by atoms with E-state index in [1.165, 1.54) is 57.3 Å². The lowest BCUT2D eigenvalue weighted by atomic mass is 9.89. The van der Waals surface area contributed by atoms with Crippen LogP contribution in [0.2, 0.25) is 0 Å². The summed E-state index contributed by atoms with van der Waals surface area (Å²) in [6.07, 6.45) is 11.3. The molecule has 7 heteroatoms. The topological polar surface area (TPSA) is 80.8 Å². The molecule has 1 saturated heterocycles. The largest absolute Gasteiger partial charge is 0.490 e. The summed E-state index contributed by atoms with van der Waals surface area (Å²) in [5.41, 5.74) is 11.1. The number of aliphatic hydroxyl groups excluding tert-OH is 1. The van der Waals surface area contributed by atoms with Gasteiger partial charge in [-0.05, 0) is 112 Å². The fraction of sp³-hybridized carbons (Fsp3) is 0.472. The predicted molar refractivity (Wildman–Crippen MR) is 168 cm³/mol. The van der Waals surface area contributed by atoms with Crippen LogP contribution in [-0.2, 0) is 4.74 Å². The van der Waals surface area contributed by atoms with Crippen molar-refractivity contribution >= 4 is 5.82 Å². The highest BCUT2D eigenvalue weighted by atomic mass is 19.1. The van der Waals surface area contributed by atoms with Crippen molar-refractivity contribution in [3.05, 3.63) is 89.1 Å². The molecule has 2 fully saturated rings. The Kier molecular flexibility index (Phi) is 9.29. The van der Waals surface area contributed by atoms with Crippen LogP contribution in [-0.4, -0.2) is 40.7 Å². The maximum atomic E-state index is 13.3. The molecule has 6 nitrogen and oxygen atoms in total. The number of rotatable bonds is 8. The molecule has 0 amide bonds. The molecule has 1 aliphatic carbocycles. The zero-order chi connectivity index (χ0) is 29.8. The summed E-state index contributed by atoms with van der Waals surface area (Å²) < 4.78 is 25.6. The van der Waals surface area contributed by atoms with E-state index in [1.807, 2.05) is 25.1 Å². The molecular weight excluding hydrogens is 541 g/mol. The predicted octanol–water partition coefficient (Wildman–Crippen LogP) is 7.75. The lowest BCUT2D eigenvalue weighted by Gasteiger charge is -2.27. The average Bonchev–Trinajstić information content (AvgIpc) is 3.46. The Morgan fingerprint density at radius 2 is 1.74 bits per heavy atom. The van der Waals surface area contributed by atoms with Crippen LogP contribution in [0.1, 0.15) is 88.0 Å². The first-order chi connectivity index (χ1) is 20.9. The van der Waals surface area contributed by atoms with Crippen molar-refractivity contribution in [1.82, 2.24) is 9.88 Å². The summed E-state index contributed by atoms with van der Waals surface area (Å²) in [6.45, 7) is 4.81. The molecule has 3 aromatic rings. The number of nitrogens with two attached hydrogens (primary N) is 1. The Balaban J connectivity index is 1.07. The fourth-order valence-electron chi connectivity index (χ4n) is 7.06. The third kappa shape index (κ3) is 7.05. The summed E-state index contributed by atoms with van der Waals surface area (Å²) in [5, 5.41) is 11.3. The second-order valence-electron chi connectivity index (χ2n) is 12.5. The lowest BCUT2D eigenvalue weighted by Crippen LogP contribution is -2.32. The van der Waals surface area contributed by atoms with Gasteiger partial charge in [-0.25, -0.2) is 9.37 Å². The third-order valence-electron chi connectivity index (χ3n) is 9.72. The van der Waals surface area contributed by atoms with Gasteiger partial charge in [-0.15, -0.1) is 0 Å². The number of hydrogen-bond donors (Lipinski definition) is 2. The van der Waals surface area contributed by atoms with Crippen LogP contribution in [0.15, 0.2) is 72.1 Å². The van der Waals surface area contributed by atoms with Crippen LogP contribution in [0, 0.1) is 11.7 Å². The molecule has 6 rings (SSSR count). The average molecular weight is 586 g/mol. The monoisotopic (exact) mass is 585 g/mol. The molecule has 1 saturated carbocycles. The van der Waals surface area contributed by atoms with Crippen molar-refractivity contribution in [3.8, 4) is 16.9 Å². The SMILES string of the molecule is CC1=C(COc2cc(-c3ccc(C(O)C4CCCC(N5CCCC5)CC4)cc3)cnc2N)CCC(c2ccc(F)cc2)O1.